The molecule has 0 atom stereocenters. The minimum atomic E-state index is 0.636. The first-order valence-corrected chi connectivity index (χ1v) is 11.0. The van der Waals surface area contributed by atoms with E-state index < -0.39 is 0 Å². The number of guanidine groups is 1. The van der Waals surface area contributed by atoms with E-state index in [1.165, 1.54) is 30.4 Å². The molecule has 0 radical (unpaired) electrons. The Labute approximate surface area is 180 Å². The molecule has 6 nitrogen and oxygen atoms in total. The van der Waals surface area contributed by atoms with E-state index >= 15 is 0 Å². The summed E-state index contributed by atoms with van der Waals surface area (Å²) in [6.45, 7) is 8.64. The third-order valence-corrected chi connectivity index (χ3v) is 5.43. The van der Waals surface area contributed by atoms with E-state index in [4.69, 9.17) is 9.73 Å². The Morgan fingerprint density at radius 1 is 1.10 bits per heavy atom. The SMILES string of the molecule is CCNC(=NCc1ccnc(N2CCCCC2)c1)NCCc1ccc(C)c(OC)c1. The summed E-state index contributed by atoms with van der Waals surface area (Å²) in [5, 5.41) is 6.78. The highest BCUT2D eigenvalue weighted by Crippen LogP contribution is 2.20. The summed E-state index contributed by atoms with van der Waals surface area (Å²) in [5.74, 6) is 2.86. The topological polar surface area (TPSA) is 61.8 Å². The number of ether oxygens (including phenoxy) is 1. The number of hydrogen-bond acceptors (Lipinski definition) is 4. The number of aryl methyl sites for hydroxylation is 1. The maximum atomic E-state index is 5.43. The van der Waals surface area contributed by atoms with Crippen molar-refractivity contribution in [3.63, 3.8) is 0 Å². The van der Waals surface area contributed by atoms with E-state index in [0.717, 1.165) is 55.7 Å². The van der Waals surface area contributed by atoms with Crippen LogP contribution in [0.1, 0.15) is 42.9 Å². The molecule has 1 aromatic heterocycles. The normalized spacial score (nSPS) is 14.5. The minimum Gasteiger partial charge on any atom is -0.496 e. The number of piperidine rings is 1. The molecule has 0 bridgehead atoms. The number of anilines is 1. The zero-order valence-corrected chi connectivity index (χ0v) is 18.6. The van der Waals surface area contributed by atoms with Gasteiger partial charge in [0.15, 0.2) is 5.96 Å². The van der Waals surface area contributed by atoms with Gasteiger partial charge in [0, 0.05) is 32.4 Å². The Bertz CT molecular complexity index is 830. The number of pyridine rings is 1. The van der Waals surface area contributed by atoms with Crippen LogP contribution in [0, 0.1) is 6.92 Å². The van der Waals surface area contributed by atoms with Crippen molar-refractivity contribution in [2.75, 3.05) is 38.2 Å². The predicted octanol–water partition coefficient (Wildman–Crippen LogP) is 3.69. The molecular weight excluding hydrogens is 374 g/mol. The number of nitrogens with one attached hydrogen (secondary N) is 2. The zero-order chi connectivity index (χ0) is 21.2. The van der Waals surface area contributed by atoms with Crippen LogP contribution < -0.4 is 20.3 Å². The van der Waals surface area contributed by atoms with E-state index in [2.05, 4.69) is 64.7 Å². The predicted molar refractivity (Wildman–Crippen MR) is 125 cm³/mol. The maximum Gasteiger partial charge on any atom is 0.191 e. The van der Waals surface area contributed by atoms with E-state index in [0.29, 0.717) is 6.54 Å². The standard InChI is InChI=1S/C24H35N5O/c1-4-25-24(27-13-10-20-9-8-19(2)22(16-20)30-3)28-18-21-11-12-26-23(17-21)29-14-6-5-7-15-29/h8-9,11-12,16-17H,4-7,10,13-15,18H2,1-3H3,(H2,25,27,28). The lowest BCUT2D eigenvalue weighted by Gasteiger charge is -2.27. The van der Waals surface area contributed by atoms with E-state index in [1.807, 2.05) is 6.20 Å². The molecule has 6 heteroatoms. The summed E-state index contributed by atoms with van der Waals surface area (Å²) in [6.07, 6.45) is 6.65. The van der Waals surface area contributed by atoms with Gasteiger partial charge >= 0.3 is 0 Å². The largest absolute Gasteiger partial charge is 0.496 e. The van der Waals surface area contributed by atoms with Gasteiger partial charge in [-0.3, -0.25) is 0 Å². The minimum absolute atomic E-state index is 0.636. The van der Waals surface area contributed by atoms with Crippen LogP contribution in [0.2, 0.25) is 0 Å². The average molecular weight is 410 g/mol. The molecule has 30 heavy (non-hydrogen) atoms. The van der Waals surface area contributed by atoms with Crippen molar-refractivity contribution in [1.82, 2.24) is 15.6 Å². The highest BCUT2D eigenvalue weighted by atomic mass is 16.5. The summed E-state index contributed by atoms with van der Waals surface area (Å²) >= 11 is 0. The Hall–Kier alpha value is -2.76. The summed E-state index contributed by atoms with van der Waals surface area (Å²) in [5.41, 5.74) is 3.59. The number of rotatable bonds is 8. The van der Waals surface area contributed by atoms with Gasteiger partial charge in [-0.05, 0) is 74.4 Å². The molecule has 1 aromatic carbocycles. The fourth-order valence-corrected chi connectivity index (χ4v) is 3.71. The Morgan fingerprint density at radius 3 is 2.70 bits per heavy atom. The van der Waals surface area contributed by atoms with Gasteiger partial charge in [-0.15, -0.1) is 0 Å². The maximum absolute atomic E-state index is 5.43. The monoisotopic (exact) mass is 409 g/mol. The van der Waals surface area contributed by atoms with Crippen molar-refractivity contribution in [2.45, 2.75) is 46.1 Å². The average Bonchev–Trinajstić information content (AvgIpc) is 2.79. The lowest BCUT2D eigenvalue weighted by atomic mass is 10.1. The van der Waals surface area contributed by atoms with Crippen LogP contribution in [0.15, 0.2) is 41.5 Å². The number of benzene rings is 1. The second-order valence-corrected chi connectivity index (χ2v) is 7.75. The van der Waals surface area contributed by atoms with Crippen LogP contribution in [0.3, 0.4) is 0 Å². The highest BCUT2D eigenvalue weighted by Gasteiger charge is 2.12. The smallest absolute Gasteiger partial charge is 0.191 e. The van der Waals surface area contributed by atoms with Crippen molar-refractivity contribution in [3.05, 3.63) is 53.2 Å². The van der Waals surface area contributed by atoms with Crippen molar-refractivity contribution < 1.29 is 4.74 Å². The Morgan fingerprint density at radius 2 is 1.93 bits per heavy atom. The molecule has 0 saturated carbocycles. The summed E-state index contributed by atoms with van der Waals surface area (Å²) in [7, 11) is 1.72. The third kappa shape index (κ3) is 6.37. The lowest BCUT2D eigenvalue weighted by Crippen LogP contribution is -2.38. The van der Waals surface area contributed by atoms with Gasteiger partial charge in [-0.25, -0.2) is 9.98 Å². The van der Waals surface area contributed by atoms with Gasteiger partial charge < -0.3 is 20.3 Å². The number of aromatic nitrogens is 1. The molecule has 0 unspecified atom stereocenters. The summed E-state index contributed by atoms with van der Waals surface area (Å²) in [4.78, 5) is 11.7. The number of aliphatic imine (C=N–C) groups is 1. The second-order valence-electron chi connectivity index (χ2n) is 7.75. The van der Waals surface area contributed by atoms with Gasteiger partial charge in [-0.1, -0.05) is 12.1 Å². The number of nitrogens with zero attached hydrogens (tertiary/aromatic N) is 3. The van der Waals surface area contributed by atoms with Crippen molar-refractivity contribution in [2.24, 2.45) is 4.99 Å². The first-order valence-electron chi connectivity index (χ1n) is 11.0. The van der Waals surface area contributed by atoms with Crippen molar-refractivity contribution in [1.29, 1.82) is 0 Å². The molecular formula is C24H35N5O. The van der Waals surface area contributed by atoms with Crippen LogP contribution in [0.5, 0.6) is 5.75 Å². The lowest BCUT2D eigenvalue weighted by molar-refractivity contribution is 0.411. The Kier molecular flexibility index (Phi) is 8.36. The quantitative estimate of drug-likeness (QED) is 0.514. The molecule has 3 rings (SSSR count). The van der Waals surface area contributed by atoms with Crippen LogP contribution in [-0.2, 0) is 13.0 Å². The fourth-order valence-electron chi connectivity index (χ4n) is 3.71. The van der Waals surface area contributed by atoms with Crippen LogP contribution >= 0.6 is 0 Å². The van der Waals surface area contributed by atoms with Crippen LogP contribution in [0.4, 0.5) is 5.82 Å². The molecule has 1 fully saturated rings. The van der Waals surface area contributed by atoms with Gasteiger partial charge in [0.1, 0.15) is 11.6 Å². The van der Waals surface area contributed by atoms with E-state index in [9.17, 15) is 0 Å². The molecule has 1 saturated heterocycles. The zero-order valence-electron chi connectivity index (χ0n) is 18.6. The Balaban J connectivity index is 1.56. The van der Waals surface area contributed by atoms with Gasteiger partial charge in [0.25, 0.3) is 0 Å². The summed E-state index contributed by atoms with van der Waals surface area (Å²) < 4.78 is 5.43. The first kappa shape index (κ1) is 21.9. The molecule has 1 aliphatic rings. The first-order chi connectivity index (χ1) is 14.7. The third-order valence-electron chi connectivity index (χ3n) is 5.43. The number of methoxy groups -OCH3 is 1. The fraction of sp³-hybridized carbons (Fsp3) is 0.500. The van der Waals surface area contributed by atoms with Crippen LogP contribution in [0.25, 0.3) is 0 Å². The number of hydrogen-bond donors (Lipinski definition) is 2. The van der Waals surface area contributed by atoms with E-state index in [1.54, 1.807) is 7.11 Å². The second kappa shape index (κ2) is 11.4. The highest BCUT2D eigenvalue weighted by molar-refractivity contribution is 5.79. The molecule has 0 amide bonds. The molecule has 1 aliphatic heterocycles. The van der Waals surface area contributed by atoms with Crippen LogP contribution in [-0.4, -0.2) is 44.2 Å². The molecule has 2 heterocycles. The molecule has 0 spiro atoms. The molecule has 162 valence electrons. The van der Waals surface area contributed by atoms with Crippen molar-refractivity contribution >= 4 is 11.8 Å². The molecule has 2 N–H and O–H groups in total. The molecule has 0 aliphatic carbocycles. The molecule has 2 aromatic rings. The van der Waals surface area contributed by atoms with Gasteiger partial charge in [-0.2, -0.15) is 0 Å². The van der Waals surface area contributed by atoms with Crippen molar-refractivity contribution in [3.8, 4) is 5.75 Å². The van der Waals surface area contributed by atoms with Gasteiger partial charge in [0.2, 0.25) is 0 Å². The van der Waals surface area contributed by atoms with Gasteiger partial charge in [0.05, 0.1) is 13.7 Å². The summed E-state index contributed by atoms with van der Waals surface area (Å²) in [6, 6.07) is 10.6. The van der Waals surface area contributed by atoms with E-state index in [-0.39, 0.29) is 0 Å².